The standard InChI is InChI=1S/C16H35NO5Si4/c1-23(2,3)20-25(7,8)22-26(9,21-24(4,5)6)14-10-13-17-15(18)11-12-16(17)19/h11-12H,10,13-14H2,1-9H3/t26-/m1/s1. The number of amides is 2. The van der Waals surface area contributed by atoms with Crippen LogP contribution in [-0.4, -0.2) is 57.0 Å². The molecule has 0 saturated heterocycles. The van der Waals surface area contributed by atoms with Crippen molar-refractivity contribution in [3.8, 4) is 0 Å². The van der Waals surface area contributed by atoms with E-state index < -0.39 is 33.8 Å². The highest BCUT2D eigenvalue weighted by molar-refractivity contribution is 6.89. The van der Waals surface area contributed by atoms with Crippen LogP contribution in [0.5, 0.6) is 0 Å². The normalized spacial score (nSPS) is 18.6. The molecule has 26 heavy (non-hydrogen) atoms. The van der Waals surface area contributed by atoms with Gasteiger partial charge >= 0.3 is 17.1 Å². The maximum Gasteiger partial charge on any atom is 0.315 e. The van der Waals surface area contributed by atoms with Crippen LogP contribution >= 0.6 is 0 Å². The van der Waals surface area contributed by atoms with Gasteiger partial charge in [0.2, 0.25) is 0 Å². The monoisotopic (exact) mass is 433 g/mol. The minimum absolute atomic E-state index is 0.234. The molecule has 0 N–H and O–H groups in total. The predicted octanol–water partition coefficient (Wildman–Crippen LogP) is 3.79. The molecule has 0 bridgehead atoms. The van der Waals surface area contributed by atoms with Crippen LogP contribution in [0.2, 0.25) is 65.0 Å². The summed E-state index contributed by atoms with van der Waals surface area (Å²) < 4.78 is 19.5. The van der Waals surface area contributed by atoms with Crippen molar-refractivity contribution in [3.05, 3.63) is 12.2 Å². The van der Waals surface area contributed by atoms with Gasteiger partial charge in [0.25, 0.3) is 11.8 Å². The van der Waals surface area contributed by atoms with Gasteiger partial charge in [-0.1, -0.05) is 0 Å². The average Bonchev–Trinajstić information content (AvgIpc) is 2.63. The molecule has 150 valence electrons. The number of hydrogen-bond donors (Lipinski definition) is 0. The van der Waals surface area contributed by atoms with E-state index >= 15 is 0 Å². The highest BCUT2D eigenvalue weighted by Gasteiger charge is 2.44. The van der Waals surface area contributed by atoms with Crippen LogP contribution in [0, 0.1) is 0 Å². The fourth-order valence-electron chi connectivity index (χ4n) is 3.26. The molecule has 6 nitrogen and oxygen atoms in total. The van der Waals surface area contributed by atoms with Crippen LogP contribution < -0.4 is 0 Å². The van der Waals surface area contributed by atoms with Crippen molar-refractivity contribution in [2.75, 3.05) is 6.54 Å². The van der Waals surface area contributed by atoms with Crippen LogP contribution in [0.15, 0.2) is 12.2 Å². The molecule has 1 rings (SSSR count). The van der Waals surface area contributed by atoms with Gasteiger partial charge in [0.15, 0.2) is 16.6 Å². The van der Waals surface area contributed by atoms with Gasteiger partial charge in [0, 0.05) is 18.7 Å². The van der Waals surface area contributed by atoms with Crippen LogP contribution in [0.3, 0.4) is 0 Å². The Balaban J connectivity index is 2.79. The van der Waals surface area contributed by atoms with E-state index in [4.69, 9.17) is 12.3 Å². The molecular formula is C16H35NO5Si4. The highest BCUT2D eigenvalue weighted by atomic mass is 28.5. The Morgan fingerprint density at radius 3 is 1.65 bits per heavy atom. The molecule has 0 aromatic rings. The average molecular weight is 434 g/mol. The van der Waals surface area contributed by atoms with Gasteiger partial charge in [-0.25, -0.2) is 0 Å². The van der Waals surface area contributed by atoms with Gasteiger partial charge in [-0.05, 0) is 71.4 Å². The lowest BCUT2D eigenvalue weighted by molar-refractivity contribution is -0.136. The number of carbonyl (C=O) groups is 2. The molecule has 2 amide bonds. The third kappa shape index (κ3) is 8.54. The molecule has 0 fully saturated rings. The zero-order valence-corrected chi connectivity index (χ0v) is 21.8. The van der Waals surface area contributed by atoms with Gasteiger partial charge < -0.3 is 12.3 Å². The van der Waals surface area contributed by atoms with E-state index in [1.54, 1.807) is 0 Å². The largest absolute Gasteiger partial charge is 0.437 e. The lowest BCUT2D eigenvalue weighted by Gasteiger charge is -2.41. The molecule has 0 unspecified atom stereocenters. The number of rotatable bonds is 10. The third-order valence-corrected chi connectivity index (χ3v) is 17.0. The van der Waals surface area contributed by atoms with E-state index in [1.165, 1.54) is 17.1 Å². The first-order valence-electron chi connectivity index (χ1n) is 9.16. The van der Waals surface area contributed by atoms with E-state index in [0.29, 0.717) is 13.0 Å². The summed E-state index contributed by atoms with van der Waals surface area (Å²) in [4.78, 5) is 24.7. The quantitative estimate of drug-likeness (QED) is 0.387. The zero-order valence-electron chi connectivity index (χ0n) is 17.8. The second-order valence-corrected chi connectivity index (χ2v) is 25.8. The number of hydrogen-bond acceptors (Lipinski definition) is 5. The summed E-state index contributed by atoms with van der Waals surface area (Å²) in [5.74, 6) is -0.468. The third-order valence-electron chi connectivity index (χ3n) is 3.45. The number of imide groups is 1. The van der Waals surface area contributed by atoms with Gasteiger partial charge in [0.1, 0.15) is 0 Å². The molecular weight excluding hydrogens is 399 g/mol. The van der Waals surface area contributed by atoms with Crippen molar-refractivity contribution in [2.45, 2.75) is 71.4 Å². The first-order valence-corrected chi connectivity index (χ1v) is 21.3. The van der Waals surface area contributed by atoms with E-state index in [1.807, 2.05) is 0 Å². The minimum Gasteiger partial charge on any atom is -0.437 e. The fraction of sp³-hybridized carbons (Fsp3) is 0.750. The first-order chi connectivity index (χ1) is 11.5. The summed E-state index contributed by atoms with van der Waals surface area (Å²) in [5, 5.41) is 0. The first kappa shape index (κ1) is 23.7. The van der Waals surface area contributed by atoms with Crippen LogP contribution in [0.25, 0.3) is 0 Å². The maximum atomic E-state index is 11.7. The van der Waals surface area contributed by atoms with E-state index in [2.05, 4.69) is 58.9 Å². The van der Waals surface area contributed by atoms with Crippen molar-refractivity contribution < 1.29 is 21.9 Å². The van der Waals surface area contributed by atoms with Gasteiger partial charge in [-0.3, -0.25) is 14.5 Å². The summed E-state index contributed by atoms with van der Waals surface area (Å²) in [6.45, 7) is 19.7. The van der Waals surface area contributed by atoms with Crippen molar-refractivity contribution in [2.24, 2.45) is 0 Å². The zero-order chi connectivity index (χ0) is 20.4. The van der Waals surface area contributed by atoms with Crippen LogP contribution in [0.4, 0.5) is 0 Å². The smallest absolute Gasteiger partial charge is 0.315 e. The highest BCUT2D eigenvalue weighted by Crippen LogP contribution is 2.28. The Labute approximate surface area is 162 Å². The Kier molecular flexibility index (Phi) is 7.58. The van der Waals surface area contributed by atoms with Crippen molar-refractivity contribution in [3.63, 3.8) is 0 Å². The maximum absolute atomic E-state index is 11.7. The summed E-state index contributed by atoms with van der Waals surface area (Å²) >= 11 is 0. The number of carbonyl (C=O) groups excluding carboxylic acids is 2. The summed E-state index contributed by atoms with van der Waals surface area (Å²) in [5.41, 5.74) is 0. The molecule has 1 aliphatic rings. The van der Waals surface area contributed by atoms with Gasteiger partial charge in [0.05, 0.1) is 0 Å². The molecule has 1 heterocycles. The summed E-state index contributed by atoms with van der Waals surface area (Å²) in [6.07, 6.45) is 3.33. The SMILES string of the molecule is C[Si](C)(C)O[Si](C)(C)O[Si@](C)(CCCN1C(=O)C=CC1=O)O[Si](C)(C)C. The van der Waals surface area contributed by atoms with E-state index in [0.717, 1.165) is 6.04 Å². The van der Waals surface area contributed by atoms with Crippen LogP contribution in [0.1, 0.15) is 6.42 Å². The van der Waals surface area contributed by atoms with Crippen LogP contribution in [-0.2, 0) is 21.9 Å². The van der Waals surface area contributed by atoms with Crippen molar-refractivity contribution >= 4 is 45.6 Å². The Morgan fingerprint density at radius 2 is 1.23 bits per heavy atom. The van der Waals surface area contributed by atoms with E-state index in [-0.39, 0.29) is 11.8 Å². The van der Waals surface area contributed by atoms with Crippen molar-refractivity contribution in [1.29, 1.82) is 0 Å². The Bertz CT molecular complexity index is 550. The van der Waals surface area contributed by atoms with E-state index in [9.17, 15) is 9.59 Å². The fourth-order valence-corrected chi connectivity index (χ4v) is 21.2. The molecule has 0 radical (unpaired) electrons. The minimum atomic E-state index is -2.48. The summed E-state index contributed by atoms with van der Waals surface area (Å²) in [7, 11) is -8.32. The second-order valence-electron chi connectivity index (χ2n) is 9.33. The van der Waals surface area contributed by atoms with Crippen molar-refractivity contribution in [1.82, 2.24) is 4.90 Å². The van der Waals surface area contributed by atoms with Gasteiger partial charge in [-0.2, -0.15) is 0 Å². The summed E-state index contributed by atoms with van der Waals surface area (Å²) in [6, 6.07) is 0.736. The predicted molar refractivity (Wildman–Crippen MR) is 114 cm³/mol. The lowest BCUT2D eigenvalue weighted by Crippen LogP contribution is -2.57. The molecule has 0 spiro atoms. The topological polar surface area (TPSA) is 65.1 Å². The molecule has 1 aliphatic heterocycles. The molecule has 0 aromatic heterocycles. The lowest BCUT2D eigenvalue weighted by atomic mass is 10.4. The second kappa shape index (κ2) is 8.33. The Morgan fingerprint density at radius 1 is 0.769 bits per heavy atom. The molecule has 0 saturated carbocycles. The molecule has 1 atom stereocenters. The molecule has 10 heteroatoms. The number of nitrogens with zero attached hydrogens (tertiary/aromatic N) is 1. The molecule has 0 aromatic carbocycles. The van der Waals surface area contributed by atoms with Gasteiger partial charge in [-0.15, -0.1) is 0 Å². The Hall–Kier alpha value is -0.372. The molecule has 0 aliphatic carbocycles.